The average molecular weight is 340 g/mol. The Labute approximate surface area is 144 Å². The summed E-state index contributed by atoms with van der Waals surface area (Å²) in [5, 5.41) is 5.06. The highest BCUT2D eigenvalue weighted by Crippen LogP contribution is 2.26. The molecule has 0 bridgehead atoms. The van der Waals surface area contributed by atoms with E-state index >= 15 is 0 Å². The summed E-state index contributed by atoms with van der Waals surface area (Å²) < 4.78 is 13.2. The number of Topliss-reactive ketones (excluding diaryl/α,β-unsaturated/α-hetero) is 1. The van der Waals surface area contributed by atoms with Gasteiger partial charge in [0.05, 0.1) is 0 Å². The smallest absolute Gasteiger partial charge is 0.244 e. The lowest BCUT2D eigenvalue weighted by Crippen LogP contribution is -2.45. The number of amides is 2. The quantitative estimate of drug-likeness (QED) is 0.837. The van der Waals surface area contributed by atoms with Gasteiger partial charge in [0, 0.05) is 12.1 Å². The molecule has 2 N–H and O–H groups in total. The maximum Gasteiger partial charge on any atom is 0.244 e. The Morgan fingerprint density at radius 1 is 1.16 bits per heavy atom. The van der Waals surface area contributed by atoms with E-state index in [9.17, 15) is 18.8 Å². The Hall–Kier alpha value is -3.02. The van der Waals surface area contributed by atoms with Crippen LogP contribution in [0.25, 0.3) is 0 Å². The minimum absolute atomic E-state index is 0.197. The zero-order valence-corrected chi connectivity index (χ0v) is 13.6. The molecule has 0 aliphatic carbocycles. The number of ketones is 1. The van der Waals surface area contributed by atoms with E-state index in [1.807, 2.05) is 30.3 Å². The second-order valence-electron chi connectivity index (χ2n) is 6.28. The molecule has 3 rings (SSSR count). The van der Waals surface area contributed by atoms with Crippen LogP contribution in [0, 0.1) is 11.7 Å². The maximum absolute atomic E-state index is 13.2. The minimum Gasteiger partial charge on any atom is -0.342 e. The summed E-state index contributed by atoms with van der Waals surface area (Å²) in [6.45, 7) is 1.61. The fourth-order valence-electron chi connectivity index (χ4n) is 3.00. The molecule has 6 heteroatoms. The molecule has 0 radical (unpaired) electrons. The van der Waals surface area contributed by atoms with Crippen LogP contribution in [0.15, 0.2) is 54.6 Å². The van der Waals surface area contributed by atoms with Crippen LogP contribution in [-0.4, -0.2) is 23.1 Å². The van der Waals surface area contributed by atoms with E-state index in [0.29, 0.717) is 6.42 Å². The zero-order valence-electron chi connectivity index (χ0n) is 13.6. The topological polar surface area (TPSA) is 75.3 Å². The molecular formula is C19H17FN2O3. The van der Waals surface area contributed by atoms with Gasteiger partial charge in [-0.1, -0.05) is 36.4 Å². The van der Waals surface area contributed by atoms with Crippen LogP contribution in [0.5, 0.6) is 0 Å². The largest absolute Gasteiger partial charge is 0.342 e. The van der Waals surface area contributed by atoms with E-state index in [1.54, 1.807) is 6.92 Å². The predicted octanol–water partition coefficient (Wildman–Crippen LogP) is 2.08. The Kier molecular flexibility index (Phi) is 4.35. The Bertz CT molecular complexity index is 838. The van der Waals surface area contributed by atoms with Crippen molar-refractivity contribution >= 4 is 23.3 Å². The number of nitrogens with one attached hydrogen (secondary N) is 2. The number of benzene rings is 2. The standard InChI is InChI=1S/C19H17FN2O3/c1-19(11-12-6-3-2-4-7-12)16(23)15(18(25)22-19)17(24)21-14-9-5-8-13(20)10-14/h2-10,15H,11H2,1H3,(H,21,24)(H,22,25). The first-order chi connectivity index (χ1) is 11.9. The van der Waals surface area contributed by atoms with Gasteiger partial charge >= 0.3 is 0 Å². The number of anilines is 1. The first-order valence-corrected chi connectivity index (χ1v) is 7.86. The Morgan fingerprint density at radius 3 is 2.56 bits per heavy atom. The third kappa shape index (κ3) is 3.42. The van der Waals surface area contributed by atoms with Crippen molar-refractivity contribution in [3.05, 3.63) is 66.0 Å². The van der Waals surface area contributed by atoms with Gasteiger partial charge in [-0.15, -0.1) is 0 Å². The van der Waals surface area contributed by atoms with Gasteiger partial charge in [-0.05, 0) is 30.7 Å². The summed E-state index contributed by atoms with van der Waals surface area (Å²) in [6, 6.07) is 14.5. The van der Waals surface area contributed by atoms with Crippen molar-refractivity contribution in [3.8, 4) is 0 Å². The van der Waals surface area contributed by atoms with Crippen LogP contribution in [-0.2, 0) is 20.8 Å². The van der Waals surface area contributed by atoms with Gasteiger partial charge in [0.15, 0.2) is 11.7 Å². The second-order valence-corrected chi connectivity index (χ2v) is 6.28. The number of hydrogen-bond donors (Lipinski definition) is 2. The maximum atomic E-state index is 13.2. The molecule has 1 heterocycles. The van der Waals surface area contributed by atoms with Gasteiger partial charge in [-0.3, -0.25) is 14.4 Å². The van der Waals surface area contributed by atoms with Crippen molar-refractivity contribution in [1.82, 2.24) is 5.32 Å². The normalized spacial score (nSPS) is 22.6. The number of rotatable bonds is 4. The van der Waals surface area contributed by atoms with E-state index in [-0.39, 0.29) is 5.69 Å². The lowest BCUT2D eigenvalue weighted by atomic mass is 9.86. The van der Waals surface area contributed by atoms with Crippen LogP contribution in [0.2, 0.25) is 0 Å². The molecule has 1 aliphatic heterocycles. The van der Waals surface area contributed by atoms with Crippen molar-refractivity contribution in [2.75, 3.05) is 5.32 Å². The van der Waals surface area contributed by atoms with Crippen molar-refractivity contribution in [1.29, 1.82) is 0 Å². The number of halogens is 1. The molecule has 0 saturated carbocycles. The molecule has 2 aromatic carbocycles. The predicted molar refractivity (Wildman–Crippen MR) is 90.2 cm³/mol. The second kappa shape index (κ2) is 6.47. The summed E-state index contributed by atoms with van der Waals surface area (Å²) in [5.41, 5.74) is -0.0744. The zero-order chi connectivity index (χ0) is 18.0. The van der Waals surface area contributed by atoms with E-state index in [0.717, 1.165) is 11.6 Å². The first kappa shape index (κ1) is 16.8. The molecule has 1 saturated heterocycles. The molecule has 2 atom stereocenters. The summed E-state index contributed by atoms with van der Waals surface area (Å²) in [4.78, 5) is 37.3. The molecule has 0 spiro atoms. The van der Waals surface area contributed by atoms with Crippen molar-refractivity contribution in [2.24, 2.45) is 5.92 Å². The van der Waals surface area contributed by atoms with Crippen molar-refractivity contribution < 1.29 is 18.8 Å². The third-order valence-electron chi connectivity index (χ3n) is 4.22. The van der Waals surface area contributed by atoms with Crippen LogP contribution in [0.3, 0.4) is 0 Å². The average Bonchev–Trinajstić information content (AvgIpc) is 2.77. The minimum atomic E-state index is -1.45. The number of hydrogen-bond acceptors (Lipinski definition) is 3. The van der Waals surface area contributed by atoms with Gasteiger partial charge in [0.1, 0.15) is 11.4 Å². The summed E-state index contributed by atoms with van der Waals surface area (Å²) in [7, 11) is 0. The van der Waals surface area contributed by atoms with Crippen molar-refractivity contribution in [2.45, 2.75) is 18.9 Å². The SMILES string of the molecule is CC1(Cc2ccccc2)NC(=O)C(C(=O)Nc2cccc(F)c2)C1=O. The Balaban J connectivity index is 1.77. The molecule has 1 aliphatic rings. The molecule has 25 heavy (non-hydrogen) atoms. The summed E-state index contributed by atoms with van der Waals surface area (Å²) in [6.07, 6.45) is 0.294. The van der Waals surface area contributed by atoms with Gasteiger partial charge in [-0.2, -0.15) is 0 Å². The molecule has 0 aromatic heterocycles. The monoisotopic (exact) mass is 340 g/mol. The van der Waals surface area contributed by atoms with Gasteiger partial charge in [-0.25, -0.2) is 4.39 Å². The molecule has 1 fully saturated rings. The molecule has 2 aromatic rings. The lowest BCUT2D eigenvalue weighted by molar-refractivity contribution is -0.135. The van der Waals surface area contributed by atoms with Crippen LogP contribution in [0.4, 0.5) is 10.1 Å². The highest BCUT2D eigenvalue weighted by molar-refractivity contribution is 6.27. The van der Waals surface area contributed by atoms with Crippen LogP contribution < -0.4 is 10.6 Å². The lowest BCUT2D eigenvalue weighted by Gasteiger charge is -2.22. The van der Waals surface area contributed by atoms with Crippen molar-refractivity contribution in [3.63, 3.8) is 0 Å². The van der Waals surface area contributed by atoms with Crippen LogP contribution >= 0.6 is 0 Å². The van der Waals surface area contributed by atoms with E-state index in [1.165, 1.54) is 18.2 Å². The molecule has 2 amide bonds. The third-order valence-corrected chi connectivity index (χ3v) is 4.22. The summed E-state index contributed by atoms with van der Waals surface area (Å²) >= 11 is 0. The fraction of sp³-hybridized carbons (Fsp3) is 0.211. The number of carbonyl (C=O) groups is 3. The van der Waals surface area contributed by atoms with Gasteiger partial charge < -0.3 is 10.6 Å². The Morgan fingerprint density at radius 2 is 1.88 bits per heavy atom. The molecule has 128 valence electrons. The summed E-state index contributed by atoms with van der Waals surface area (Å²) in [5.74, 6) is -3.86. The van der Waals surface area contributed by atoms with E-state index < -0.39 is 34.9 Å². The molecular weight excluding hydrogens is 323 g/mol. The highest BCUT2D eigenvalue weighted by atomic mass is 19.1. The van der Waals surface area contributed by atoms with Crippen LogP contribution in [0.1, 0.15) is 12.5 Å². The first-order valence-electron chi connectivity index (χ1n) is 7.86. The fourth-order valence-corrected chi connectivity index (χ4v) is 3.00. The van der Waals surface area contributed by atoms with E-state index in [4.69, 9.17) is 0 Å². The molecule has 2 unspecified atom stereocenters. The highest BCUT2D eigenvalue weighted by Gasteiger charge is 2.52. The van der Waals surface area contributed by atoms with Gasteiger partial charge in [0.2, 0.25) is 11.8 Å². The van der Waals surface area contributed by atoms with E-state index in [2.05, 4.69) is 10.6 Å². The molecule has 5 nitrogen and oxygen atoms in total. The number of carbonyl (C=O) groups excluding carboxylic acids is 3. The van der Waals surface area contributed by atoms with Gasteiger partial charge in [0.25, 0.3) is 0 Å².